The minimum Gasteiger partial charge on any atom is -0.381 e. The molecule has 0 bridgehead atoms. The Morgan fingerprint density at radius 3 is 2.88 bits per heavy atom. The molecule has 0 aromatic heterocycles. The van der Waals surface area contributed by atoms with Gasteiger partial charge >= 0.3 is 0 Å². The second-order valence-corrected chi connectivity index (χ2v) is 6.18. The van der Waals surface area contributed by atoms with Gasteiger partial charge in [0.1, 0.15) is 0 Å². The van der Waals surface area contributed by atoms with Gasteiger partial charge in [0.15, 0.2) is 0 Å². The van der Waals surface area contributed by atoms with Crippen LogP contribution in [0, 0.1) is 5.92 Å². The first-order chi connectivity index (χ1) is 8.06. The topological polar surface area (TPSA) is 24.5 Å². The summed E-state index contributed by atoms with van der Waals surface area (Å²) in [7, 11) is 0. The Hall–Kier alpha value is -0.120. The number of nitrogens with one attached hydrogen (secondary N) is 1. The summed E-state index contributed by atoms with van der Waals surface area (Å²) in [4.78, 5) is 2.69. The van der Waals surface area contributed by atoms with Crippen LogP contribution in [-0.2, 0) is 4.74 Å². The quantitative estimate of drug-likeness (QED) is 0.815. The molecule has 2 fully saturated rings. The van der Waals surface area contributed by atoms with Crippen LogP contribution in [0.2, 0.25) is 0 Å². The first-order valence-electron chi connectivity index (χ1n) is 7.14. The van der Waals surface area contributed by atoms with E-state index in [4.69, 9.17) is 4.74 Å². The van der Waals surface area contributed by atoms with E-state index in [2.05, 4.69) is 37.9 Å². The van der Waals surface area contributed by atoms with E-state index in [1.54, 1.807) is 0 Å². The number of ether oxygens (including phenoxy) is 1. The molecule has 0 spiro atoms. The Labute approximate surface area is 106 Å². The third kappa shape index (κ3) is 2.83. The molecule has 2 aliphatic rings. The van der Waals surface area contributed by atoms with Crippen molar-refractivity contribution in [2.75, 3.05) is 26.3 Å². The van der Waals surface area contributed by atoms with Gasteiger partial charge in [-0.2, -0.15) is 0 Å². The van der Waals surface area contributed by atoms with Crippen molar-refractivity contribution in [2.24, 2.45) is 5.92 Å². The minimum absolute atomic E-state index is 0.292. The number of piperazine rings is 1. The predicted octanol–water partition coefficient (Wildman–Crippen LogP) is 1.87. The van der Waals surface area contributed by atoms with Crippen LogP contribution in [0.1, 0.15) is 40.5 Å². The fourth-order valence-corrected chi connectivity index (χ4v) is 3.11. The molecule has 0 aliphatic carbocycles. The molecule has 3 nitrogen and oxygen atoms in total. The van der Waals surface area contributed by atoms with Crippen LogP contribution in [-0.4, -0.2) is 48.8 Å². The van der Waals surface area contributed by atoms with Gasteiger partial charge in [-0.05, 0) is 39.5 Å². The number of hydrogen-bond donors (Lipinski definition) is 1. The zero-order chi connectivity index (χ0) is 12.5. The maximum absolute atomic E-state index is 5.54. The SMILES string of the molecule is CCC1(C)CN(C(C)C2CCOC2)C(C)CN1. The highest BCUT2D eigenvalue weighted by molar-refractivity contribution is 4.96. The summed E-state index contributed by atoms with van der Waals surface area (Å²) in [5.41, 5.74) is 0.292. The van der Waals surface area contributed by atoms with Crippen LogP contribution in [0.15, 0.2) is 0 Å². The van der Waals surface area contributed by atoms with Crippen LogP contribution in [0.4, 0.5) is 0 Å². The summed E-state index contributed by atoms with van der Waals surface area (Å²) in [6, 6.07) is 1.30. The zero-order valence-corrected chi connectivity index (χ0v) is 11.8. The van der Waals surface area contributed by atoms with Gasteiger partial charge in [-0.1, -0.05) is 6.92 Å². The van der Waals surface area contributed by atoms with Gasteiger partial charge in [-0.3, -0.25) is 4.90 Å². The summed E-state index contributed by atoms with van der Waals surface area (Å²) in [6.07, 6.45) is 2.44. The molecule has 1 N–H and O–H groups in total. The van der Waals surface area contributed by atoms with Gasteiger partial charge in [0, 0.05) is 37.3 Å². The van der Waals surface area contributed by atoms with Crippen molar-refractivity contribution in [2.45, 2.75) is 58.2 Å². The lowest BCUT2D eigenvalue weighted by Gasteiger charge is -2.48. The molecule has 17 heavy (non-hydrogen) atoms. The molecule has 0 aromatic rings. The Balaban J connectivity index is 2.01. The van der Waals surface area contributed by atoms with E-state index in [1.165, 1.54) is 19.4 Å². The van der Waals surface area contributed by atoms with Gasteiger partial charge in [-0.15, -0.1) is 0 Å². The molecular formula is C14H28N2O. The summed E-state index contributed by atoms with van der Waals surface area (Å²) in [5.74, 6) is 0.733. The summed E-state index contributed by atoms with van der Waals surface area (Å²) in [5, 5.41) is 3.70. The van der Waals surface area contributed by atoms with Gasteiger partial charge in [-0.25, -0.2) is 0 Å². The van der Waals surface area contributed by atoms with Crippen LogP contribution < -0.4 is 5.32 Å². The van der Waals surface area contributed by atoms with Crippen molar-refractivity contribution >= 4 is 0 Å². The van der Waals surface area contributed by atoms with E-state index in [0.29, 0.717) is 17.6 Å². The first kappa shape index (κ1) is 13.3. The summed E-state index contributed by atoms with van der Waals surface area (Å²) >= 11 is 0. The normalized spacial score (nSPS) is 41.6. The molecular weight excluding hydrogens is 212 g/mol. The average Bonchev–Trinajstić information content (AvgIpc) is 2.85. The Morgan fingerprint density at radius 1 is 1.53 bits per heavy atom. The molecule has 3 heteroatoms. The second kappa shape index (κ2) is 5.25. The van der Waals surface area contributed by atoms with Crippen molar-refractivity contribution in [3.63, 3.8) is 0 Å². The highest BCUT2D eigenvalue weighted by atomic mass is 16.5. The third-order valence-electron chi connectivity index (χ3n) is 4.87. The van der Waals surface area contributed by atoms with E-state index >= 15 is 0 Å². The molecule has 0 amide bonds. The largest absolute Gasteiger partial charge is 0.381 e. The van der Waals surface area contributed by atoms with E-state index in [9.17, 15) is 0 Å². The fraction of sp³-hybridized carbons (Fsp3) is 1.00. The Kier molecular flexibility index (Phi) is 4.11. The standard InChI is InChI=1S/C14H28N2O/c1-5-14(4)10-16(11(2)8-15-14)12(3)13-6-7-17-9-13/h11-13,15H,5-10H2,1-4H3. The molecule has 100 valence electrons. The fourth-order valence-electron chi connectivity index (χ4n) is 3.11. The predicted molar refractivity (Wildman–Crippen MR) is 71.3 cm³/mol. The number of nitrogens with zero attached hydrogens (tertiary/aromatic N) is 1. The van der Waals surface area contributed by atoms with E-state index in [1.807, 2.05) is 0 Å². The molecule has 4 unspecified atom stereocenters. The van der Waals surface area contributed by atoms with Crippen LogP contribution >= 0.6 is 0 Å². The molecule has 0 aromatic carbocycles. The molecule has 0 radical (unpaired) electrons. The van der Waals surface area contributed by atoms with Crippen molar-refractivity contribution in [1.29, 1.82) is 0 Å². The molecule has 2 aliphatic heterocycles. The molecule has 4 atom stereocenters. The Morgan fingerprint density at radius 2 is 2.29 bits per heavy atom. The summed E-state index contributed by atoms with van der Waals surface area (Å²) in [6.45, 7) is 13.6. The van der Waals surface area contributed by atoms with Crippen LogP contribution in [0.3, 0.4) is 0 Å². The number of rotatable bonds is 3. The van der Waals surface area contributed by atoms with Gasteiger partial charge < -0.3 is 10.1 Å². The van der Waals surface area contributed by atoms with Crippen molar-refractivity contribution in [3.8, 4) is 0 Å². The Bertz CT molecular complexity index is 253. The third-order valence-corrected chi connectivity index (χ3v) is 4.87. The lowest BCUT2D eigenvalue weighted by molar-refractivity contribution is 0.0333. The smallest absolute Gasteiger partial charge is 0.0509 e. The van der Waals surface area contributed by atoms with Crippen molar-refractivity contribution in [1.82, 2.24) is 10.2 Å². The lowest BCUT2D eigenvalue weighted by atomic mass is 9.89. The van der Waals surface area contributed by atoms with Gasteiger partial charge in [0.25, 0.3) is 0 Å². The molecule has 0 saturated carbocycles. The van der Waals surface area contributed by atoms with Crippen LogP contribution in [0.25, 0.3) is 0 Å². The molecule has 2 heterocycles. The maximum Gasteiger partial charge on any atom is 0.0509 e. The van der Waals surface area contributed by atoms with E-state index < -0.39 is 0 Å². The molecule has 2 rings (SSSR count). The number of hydrogen-bond acceptors (Lipinski definition) is 3. The van der Waals surface area contributed by atoms with Crippen LogP contribution in [0.5, 0.6) is 0 Å². The zero-order valence-electron chi connectivity index (χ0n) is 11.8. The second-order valence-electron chi connectivity index (χ2n) is 6.18. The van der Waals surface area contributed by atoms with E-state index in [-0.39, 0.29) is 0 Å². The highest BCUT2D eigenvalue weighted by Crippen LogP contribution is 2.27. The summed E-state index contributed by atoms with van der Waals surface area (Å²) < 4.78 is 5.54. The van der Waals surface area contributed by atoms with Crippen molar-refractivity contribution < 1.29 is 4.74 Å². The molecule has 2 saturated heterocycles. The average molecular weight is 240 g/mol. The van der Waals surface area contributed by atoms with Gasteiger partial charge in [0.05, 0.1) is 6.61 Å². The van der Waals surface area contributed by atoms with E-state index in [0.717, 1.165) is 25.7 Å². The van der Waals surface area contributed by atoms with Crippen molar-refractivity contribution in [3.05, 3.63) is 0 Å². The first-order valence-corrected chi connectivity index (χ1v) is 7.14. The lowest BCUT2D eigenvalue weighted by Crippen LogP contribution is -2.64. The highest BCUT2D eigenvalue weighted by Gasteiger charge is 2.37. The maximum atomic E-state index is 5.54. The minimum atomic E-state index is 0.292. The van der Waals surface area contributed by atoms with Gasteiger partial charge in [0.2, 0.25) is 0 Å². The monoisotopic (exact) mass is 240 g/mol.